The Morgan fingerprint density at radius 2 is 1.53 bits per heavy atom. The summed E-state index contributed by atoms with van der Waals surface area (Å²) >= 11 is 5.90. The molecular weight excluding hydrogens is 410 g/mol. The number of nitrogens with zero attached hydrogens (tertiary/aromatic N) is 1. The van der Waals surface area contributed by atoms with Crippen molar-refractivity contribution in [3.8, 4) is 0 Å². The molecule has 7 heteroatoms. The van der Waals surface area contributed by atoms with E-state index in [1.54, 1.807) is 30.3 Å². The van der Waals surface area contributed by atoms with Crippen LogP contribution in [0.5, 0.6) is 0 Å². The number of anilines is 1. The van der Waals surface area contributed by atoms with Gasteiger partial charge in [-0.15, -0.1) is 0 Å². The lowest BCUT2D eigenvalue weighted by Crippen LogP contribution is -2.32. The molecule has 1 aliphatic rings. The minimum Gasteiger partial charge on any atom is -0.350 e. The van der Waals surface area contributed by atoms with Gasteiger partial charge in [0.2, 0.25) is 0 Å². The van der Waals surface area contributed by atoms with Gasteiger partial charge in [0.25, 0.3) is 11.8 Å². The van der Waals surface area contributed by atoms with Crippen LogP contribution in [0, 0.1) is 11.6 Å². The Morgan fingerprint density at radius 1 is 0.833 bits per heavy atom. The third-order valence-electron chi connectivity index (χ3n) is 4.65. The van der Waals surface area contributed by atoms with Crippen LogP contribution in [0.25, 0.3) is 5.57 Å². The lowest BCUT2D eigenvalue weighted by atomic mass is 10.0. The zero-order chi connectivity index (χ0) is 21.3. The molecule has 0 spiro atoms. The molecule has 4 rings (SSSR count). The van der Waals surface area contributed by atoms with E-state index in [1.165, 1.54) is 42.5 Å². The van der Waals surface area contributed by atoms with E-state index in [-0.39, 0.29) is 17.8 Å². The van der Waals surface area contributed by atoms with Gasteiger partial charge in [-0.25, -0.2) is 8.78 Å². The molecule has 0 saturated carbocycles. The molecule has 1 heterocycles. The van der Waals surface area contributed by atoms with Crippen molar-refractivity contribution in [3.63, 3.8) is 0 Å². The topological polar surface area (TPSA) is 49.4 Å². The average Bonchev–Trinajstić information content (AvgIpc) is 2.95. The second-order valence-electron chi connectivity index (χ2n) is 6.72. The number of benzene rings is 3. The van der Waals surface area contributed by atoms with E-state index in [2.05, 4.69) is 5.32 Å². The van der Waals surface area contributed by atoms with E-state index in [4.69, 9.17) is 11.6 Å². The van der Waals surface area contributed by atoms with Crippen molar-refractivity contribution in [2.75, 3.05) is 5.32 Å². The highest BCUT2D eigenvalue weighted by atomic mass is 35.5. The summed E-state index contributed by atoms with van der Waals surface area (Å²) in [4.78, 5) is 27.4. The quantitative estimate of drug-likeness (QED) is 0.586. The highest BCUT2D eigenvalue weighted by Gasteiger charge is 2.39. The predicted molar refractivity (Wildman–Crippen MR) is 110 cm³/mol. The smallest absolute Gasteiger partial charge is 0.278 e. The fourth-order valence-electron chi connectivity index (χ4n) is 3.20. The van der Waals surface area contributed by atoms with Crippen LogP contribution < -0.4 is 5.32 Å². The summed E-state index contributed by atoms with van der Waals surface area (Å²) in [5.74, 6) is -2.04. The third-order valence-corrected chi connectivity index (χ3v) is 4.90. The monoisotopic (exact) mass is 424 g/mol. The van der Waals surface area contributed by atoms with Gasteiger partial charge in [-0.05, 0) is 53.6 Å². The summed E-state index contributed by atoms with van der Waals surface area (Å²) in [6.45, 7) is 0.0356. The first-order chi connectivity index (χ1) is 14.4. The molecule has 1 aliphatic heterocycles. The third kappa shape index (κ3) is 3.95. The van der Waals surface area contributed by atoms with E-state index < -0.39 is 23.4 Å². The number of carbonyl (C=O) groups is 2. The minimum atomic E-state index is -0.557. The molecule has 0 aliphatic carbocycles. The van der Waals surface area contributed by atoms with Gasteiger partial charge < -0.3 is 5.32 Å². The van der Waals surface area contributed by atoms with Crippen LogP contribution in [-0.4, -0.2) is 16.7 Å². The number of nitrogens with one attached hydrogen (secondary N) is 1. The fraction of sp³-hybridized carbons (Fsp3) is 0.0435. The molecule has 0 saturated heterocycles. The van der Waals surface area contributed by atoms with E-state index in [0.717, 1.165) is 4.90 Å². The summed E-state index contributed by atoms with van der Waals surface area (Å²) in [5, 5.41) is 3.40. The van der Waals surface area contributed by atoms with Crippen molar-refractivity contribution in [1.82, 2.24) is 4.90 Å². The molecule has 0 atom stereocenters. The lowest BCUT2D eigenvalue weighted by molar-refractivity contribution is -0.137. The number of rotatable bonds is 5. The van der Waals surface area contributed by atoms with Crippen LogP contribution in [0.15, 0.2) is 78.5 Å². The van der Waals surface area contributed by atoms with Crippen molar-refractivity contribution in [2.24, 2.45) is 0 Å². The molecule has 150 valence electrons. The van der Waals surface area contributed by atoms with Gasteiger partial charge in [0.15, 0.2) is 0 Å². The second kappa shape index (κ2) is 8.08. The van der Waals surface area contributed by atoms with Gasteiger partial charge in [-0.2, -0.15) is 0 Å². The second-order valence-corrected chi connectivity index (χ2v) is 7.15. The molecule has 0 radical (unpaired) electrons. The molecule has 0 bridgehead atoms. The number of amides is 2. The number of hydrogen-bond donors (Lipinski definition) is 1. The van der Waals surface area contributed by atoms with Gasteiger partial charge in [-0.1, -0.05) is 41.9 Å². The van der Waals surface area contributed by atoms with Gasteiger partial charge in [0.1, 0.15) is 17.3 Å². The molecular formula is C23H15ClF2N2O2. The summed E-state index contributed by atoms with van der Waals surface area (Å²) in [6.07, 6.45) is 0. The van der Waals surface area contributed by atoms with Crippen molar-refractivity contribution >= 4 is 34.7 Å². The Balaban J connectivity index is 1.73. The Kier molecular flexibility index (Phi) is 5.33. The van der Waals surface area contributed by atoms with Crippen LogP contribution in [0.1, 0.15) is 11.1 Å². The first kappa shape index (κ1) is 19.8. The molecule has 0 aromatic heterocycles. The van der Waals surface area contributed by atoms with E-state index >= 15 is 0 Å². The number of carbonyl (C=O) groups excluding carboxylic acids is 2. The summed E-state index contributed by atoms with van der Waals surface area (Å²) in [7, 11) is 0. The Bertz CT molecular complexity index is 1160. The van der Waals surface area contributed by atoms with Crippen molar-refractivity contribution < 1.29 is 18.4 Å². The number of imide groups is 1. The van der Waals surface area contributed by atoms with E-state index in [0.29, 0.717) is 21.8 Å². The van der Waals surface area contributed by atoms with Crippen molar-refractivity contribution in [3.05, 3.63) is 106 Å². The molecule has 4 nitrogen and oxygen atoms in total. The first-order valence-corrected chi connectivity index (χ1v) is 9.43. The Labute approximate surface area is 176 Å². The Morgan fingerprint density at radius 3 is 2.20 bits per heavy atom. The van der Waals surface area contributed by atoms with Gasteiger partial charge >= 0.3 is 0 Å². The molecule has 2 amide bonds. The molecule has 1 N–H and O–H groups in total. The van der Waals surface area contributed by atoms with Gasteiger partial charge in [0, 0.05) is 10.7 Å². The largest absolute Gasteiger partial charge is 0.350 e. The average molecular weight is 425 g/mol. The summed E-state index contributed by atoms with van der Waals surface area (Å²) < 4.78 is 27.0. The SMILES string of the molecule is O=C1C(Nc2cccc(F)c2)=C(c2ccc(F)cc2)C(=O)N1Cc1ccc(Cl)cc1. The highest BCUT2D eigenvalue weighted by molar-refractivity contribution is 6.36. The molecule has 3 aromatic carbocycles. The van der Waals surface area contributed by atoms with Gasteiger partial charge in [-0.3, -0.25) is 14.5 Å². The molecule has 0 fully saturated rings. The molecule has 30 heavy (non-hydrogen) atoms. The van der Waals surface area contributed by atoms with Crippen LogP contribution in [0.2, 0.25) is 5.02 Å². The number of halogens is 3. The van der Waals surface area contributed by atoms with Crippen LogP contribution >= 0.6 is 11.6 Å². The lowest BCUT2D eigenvalue weighted by Gasteiger charge is -2.15. The van der Waals surface area contributed by atoms with Crippen LogP contribution in [-0.2, 0) is 16.1 Å². The van der Waals surface area contributed by atoms with Gasteiger partial charge in [0.05, 0.1) is 12.1 Å². The maximum absolute atomic E-state index is 13.6. The highest BCUT2D eigenvalue weighted by Crippen LogP contribution is 2.32. The maximum atomic E-state index is 13.6. The number of hydrogen-bond acceptors (Lipinski definition) is 3. The van der Waals surface area contributed by atoms with E-state index in [1.807, 2.05) is 0 Å². The van der Waals surface area contributed by atoms with Crippen LogP contribution in [0.4, 0.5) is 14.5 Å². The summed E-state index contributed by atoms with van der Waals surface area (Å²) in [6, 6.07) is 17.6. The standard InChI is InChI=1S/C23H15ClF2N2O2/c24-16-8-4-14(5-9-16)13-28-22(29)20(15-6-10-17(25)11-7-15)21(23(28)30)27-19-3-1-2-18(26)12-19/h1-12,27H,13H2. The predicted octanol–water partition coefficient (Wildman–Crippen LogP) is 5.01. The van der Waals surface area contributed by atoms with E-state index in [9.17, 15) is 18.4 Å². The van der Waals surface area contributed by atoms with Crippen molar-refractivity contribution in [2.45, 2.75) is 6.54 Å². The zero-order valence-electron chi connectivity index (χ0n) is 15.5. The maximum Gasteiger partial charge on any atom is 0.278 e. The minimum absolute atomic E-state index is 0.00571. The summed E-state index contributed by atoms with van der Waals surface area (Å²) in [5.41, 5.74) is 1.52. The molecule has 3 aromatic rings. The van der Waals surface area contributed by atoms with Crippen LogP contribution in [0.3, 0.4) is 0 Å². The molecule has 0 unspecified atom stereocenters. The normalized spacial score (nSPS) is 13.9. The Hall–Kier alpha value is -3.51. The zero-order valence-corrected chi connectivity index (χ0v) is 16.3. The van der Waals surface area contributed by atoms with Crippen molar-refractivity contribution in [1.29, 1.82) is 0 Å². The first-order valence-electron chi connectivity index (χ1n) is 9.06. The fourth-order valence-corrected chi connectivity index (χ4v) is 3.33.